The van der Waals surface area contributed by atoms with Gasteiger partial charge < -0.3 is 4.74 Å². The zero-order valence-electron chi connectivity index (χ0n) is 14.9. The minimum atomic E-state index is -4.69. The molecule has 29 heavy (non-hydrogen) atoms. The molecule has 10 heteroatoms. The van der Waals surface area contributed by atoms with Crippen LogP contribution in [0.3, 0.4) is 0 Å². The lowest BCUT2D eigenvalue weighted by Crippen LogP contribution is -2.11. The summed E-state index contributed by atoms with van der Waals surface area (Å²) in [5.41, 5.74) is -0.104. The molecule has 0 aliphatic rings. The van der Waals surface area contributed by atoms with E-state index in [0.29, 0.717) is 5.56 Å². The maximum Gasteiger partial charge on any atom is 0.433 e. The highest BCUT2D eigenvalue weighted by Gasteiger charge is 2.34. The molecule has 0 saturated heterocycles. The summed E-state index contributed by atoms with van der Waals surface area (Å²) in [6.45, 7) is 0.00465. The van der Waals surface area contributed by atoms with Gasteiger partial charge in [-0.1, -0.05) is 24.3 Å². The summed E-state index contributed by atoms with van der Waals surface area (Å²) in [6, 6.07) is 13.1. The van der Waals surface area contributed by atoms with E-state index in [1.165, 1.54) is 24.3 Å². The molecule has 0 radical (unpaired) electrons. The molecular weight excluding hydrogens is 520 g/mol. The zero-order valence-corrected chi connectivity index (χ0v) is 17.9. The molecule has 2 aromatic carbocycles. The van der Waals surface area contributed by atoms with Gasteiger partial charge in [0.1, 0.15) is 6.61 Å². The Morgan fingerprint density at radius 3 is 2.17 bits per heavy atom. The van der Waals surface area contributed by atoms with Crippen LogP contribution in [0.15, 0.2) is 59.5 Å². The number of hydrogen-bond donors (Lipinski definition) is 0. The molecule has 0 atom stereocenters. The van der Waals surface area contributed by atoms with E-state index in [1.54, 1.807) is 12.1 Å². The quantitative estimate of drug-likeness (QED) is 0.443. The lowest BCUT2D eigenvalue weighted by Gasteiger charge is -2.12. The summed E-state index contributed by atoms with van der Waals surface area (Å²) in [6.07, 6.45) is -3.64. The maximum atomic E-state index is 13.3. The van der Waals surface area contributed by atoms with Gasteiger partial charge in [0.2, 0.25) is 0 Å². The van der Waals surface area contributed by atoms with Crippen molar-refractivity contribution in [3.8, 4) is 17.3 Å². The summed E-state index contributed by atoms with van der Waals surface area (Å²) < 4.78 is 69.3. The minimum Gasteiger partial charge on any atom is -0.459 e. The molecule has 0 N–H and O–H groups in total. The van der Waals surface area contributed by atoms with Crippen LogP contribution >= 0.6 is 22.6 Å². The number of alkyl halides is 3. The van der Waals surface area contributed by atoms with Crippen LogP contribution in [0.5, 0.6) is 6.01 Å². The summed E-state index contributed by atoms with van der Waals surface area (Å²) in [4.78, 5) is 7.58. The highest BCUT2D eigenvalue weighted by molar-refractivity contribution is 14.1. The van der Waals surface area contributed by atoms with Crippen molar-refractivity contribution in [1.29, 1.82) is 0 Å². The zero-order chi connectivity index (χ0) is 21.2. The predicted octanol–water partition coefficient (Wildman–Crippen LogP) is 4.75. The van der Waals surface area contributed by atoms with Crippen molar-refractivity contribution in [3.05, 3.63) is 69.4 Å². The number of nitrogens with zero attached hydrogens (tertiary/aromatic N) is 2. The van der Waals surface area contributed by atoms with Crippen LogP contribution in [0, 0.1) is 3.57 Å². The second-order valence-electron chi connectivity index (χ2n) is 6.13. The van der Waals surface area contributed by atoms with Crippen molar-refractivity contribution in [1.82, 2.24) is 9.97 Å². The Bertz CT molecular complexity index is 1120. The molecule has 1 aromatic heterocycles. The highest BCUT2D eigenvalue weighted by atomic mass is 127. The maximum absolute atomic E-state index is 13.3. The number of rotatable bonds is 5. The molecule has 0 fully saturated rings. The lowest BCUT2D eigenvalue weighted by molar-refractivity contribution is -0.141. The Morgan fingerprint density at radius 2 is 1.62 bits per heavy atom. The topological polar surface area (TPSA) is 69.2 Å². The fourth-order valence-corrected chi connectivity index (χ4v) is 3.37. The van der Waals surface area contributed by atoms with Crippen molar-refractivity contribution >= 4 is 32.4 Å². The molecule has 0 saturated carbocycles. The highest BCUT2D eigenvalue weighted by Crippen LogP contribution is 2.32. The van der Waals surface area contributed by atoms with Crippen LogP contribution in [0.25, 0.3) is 11.3 Å². The van der Waals surface area contributed by atoms with Crippen molar-refractivity contribution < 1.29 is 26.3 Å². The van der Waals surface area contributed by atoms with Gasteiger partial charge in [-0.3, -0.25) is 0 Å². The Kier molecular flexibility index (Phi) is 6.13. The predicted molar refractivity (Wildman–Crippen MR) is 109 cm³/mol. The van der Waals surface area contributed by atoms with Crippen LogP contribution in [-0.2, 0) is 22.6 Å². The van der Waals surface area contributed by atoms with Gasteiger partial charge in [-0.15, -0.1) is 0 Å². The standard InChI is InChI=1S/C19H14F3IN2O3S/c1-29(26,27)15-8-4-13(5-9-15)16-10-17(19(20,21)22)25-18(24-16)28-11-12-2-6-14(23)7-3-12/h2-10H,11H2,1H3. The minimum absolute atomic E-state index is 0.00465. The van der Waals surface area contributed by atoms with Gasteiger partial charge in [0.25, 0.3) is 0 Å². The molecular formula is C19H14F3IN2O3S. The fourth-order valence-electron chi connectivity index (χ4n) is 2.38. The van der Waals surface area contributed by atoms with Crippen molar-refractivity contribution in [2.24, 2.45) is 0 Å². The lowest BCUT2D eigenvalue weighted by atomic mass is 10.1. The van der Waals surface area contributed by atoms with Crippen molar-refractivity contribution in [3.63, 3.8) is 0 Å². The Morgan fingerprint density at radius 1 is 1.00 bits per heavy atom. The number of sulfone groups is 1. The second-order valence-corrected chi connectivity index (χ2v) is 9.39. The van der Waals surface area contributed by atoms with E-state index in [0.717, 1.165) is 21.5 Å². The third-order valence-corrected chi connectivity index (χ3v) is 5.70. The Labute approximate surface area is 179 Å². The molecule has 0 spiro atoms. The van der Waals surface area contributed by atoms with Gasteiger partial charge in [-0.25, -0.2) is 8.42 Å². The first kappa shape index (κ1) is 21.5. The van der Waals surface area contributed by atoms with Crippen molar-refractivity contribution in [2.45, 2.75) is 17.7 Å². The first-order valence-electron chi connectivity index (χ1n) is 8.16. The van der Waals surface area contributed by atoms with Crippen LogP contribution in [0.1, 0.15) is 11.3 Å². The Balaban J connectivity index is 1.94. The summed E-state index contributed by atoms with van der Waals surface area (Å²) in [5, 5.41) is 0. The average Bonchev–Trinajstić information content (AvgIpc) is 2.66. The normalized spacial score (nSPS) is 12.0. The average molecular weight is 534 g/mol. The molecule has 5 nitrogen and oxygen atoms in total. The summed E-state index contributed by atoms with van der Waals surface area (Å²) in [5.74, 6) is 0. The van der Waals surface area contributed by atoms with Gasteiger partial charge in [0.05, 0.1) is 10.6 Å². The summed E-state index contributed by atoms with van der Waals surface area (Å²) in [7, 11) is -3.42. The van der Waals surface area contributed by atoms with E-state index in [-0.39, 0.29) is 17.2 Å². The molecule has 0 unspecified atom stereocenters. The molecule has 0 aliphatic heterocycles. The molecule has 0 aliphatic carbocycles. The van der Waals surface area contributed by atoms with E-state index >= 15 is 0 Å². The fraction of sp³-hybridized carbons (Fsp3) is 0.158. The van der Waals surface area contributed by atoms with Crippen LogP contribution in [0.2, 0.25) is 0 Å². The molecule has 0 bridgehead atoms. The van der Waals surface area contributed by atoms with E-state index in [1.807, 2.05) is 12.1 Å². The van der Waals surface area contributed by atoms with Gasteiger partial charge in [0, 0.05) is 15.4 Å². The molecule has 3 aromatic rings. The van der Waals surface area contributed by atoms with Gasteiger partial charge in [-0.2, -0.15) is 23.1 Å². The first-order valence-corrected chi connectivity index (χ1v) is 11.1. The van der Waals surface area contributed by atoms with E-state index in [4.69, 9.17) is 4.74 Å². The Hall–Kier alpha value is -2.21. The summed E-state index contributed by atoms with van der Waals surface area (Å²) >= 11 is 2.14. The molecule has 3 rings (SSSR count). The molecule has 1 heterocycles. The smallest absolute Gasteiger partial charge is 0.433 e. The first-order chi connectivity index (χ1) is 13.5. The number of halogens is 4. The van der Waals surface area contributed by atoms with E-state index in [9.17, 15) is 21.6 Å². The van der Waals surface area contributed by atoms with Gasteiger partial charge in [0.15, 0.2) is 15.5 Å². The van der Waals surface area contributed by atoms with E-state index < -0.39 is 27.7 Å². The molecule has 0 amide bonds. The number of aromatic nitrogens is 2. The van der Waals surface area contributed by atoms with Crippen LogP contribution in [-0.4, -0.2) is 24.6 Å². The van der Waals surface area contributed by atoms with Crippen LogP contribution < -0.4 is 4.74 Å². The van der Waals surface area contributed by atoms with Gasteiger partial charge in [-0.05, 0) is 58.5 Å². The number of ether oxygens (including phenoxy) is 1. The third-order valence-electron chi connectivity index (χ3n) is 3.86. The monoisotopic (exact) mass is 534 g/mol. The molecule has 152 valence electrons. The van der Waals surface area contributed by atoms with Crippen LogP contribution in [0.4, 0.5) is 13.2 Å². The second kappa shape index (κ2) is 8.27. The third kappa shape index (κ3) is 5.66. The number of benzene rings is 2. The van der Waals surface area contributed by atoms with E-state index in [2.05, 4.69) is 32.6 Å². The number of hydrogen-bond acceptors (Lipinski definition) is 5. The van der Waals surface area contributed by atoms with Gasteiger partial charge >= 0.3 is 12.2 Å². The SMILES string of the molecule is CS(=O)(=O)c1ccc(-c2cc(C(F)(F)F)nc(OCc3ccc(I)cc3)n2)cc1. The van der Waals surface area contributed by atoms with Crippen molar-refractivity contribution in [2.75, 3.05) is 6.26 Å². The largest absolute Gasteiger partial charge is 0.459 e.